The lowest BCUT2D eigenvalue weighted by molar-refractivity contribution is 0.0601. The number of rotatable bonds is 1. The van der Waals surface area contributed by atoms with Gasteiger partial charge in [-0.1, -0.05) is 11.6 Å². The SMILES string of the molecule is COC(=O)c1cc(Br)nc(N)c1Cl. The molecule has 6 heteroatoms. The van der Waals surface area contributed by atoms with Gasteiger partial charge in [0.05, 0.1) is 17.7 Å². The maximum absolute atomic E-state index is 11.1. The second-order valence-electron chi connectivity index (χ2n) is 2.18. The fourth-order valence-electron chi connectivity index (χ4n) is 0.775. The largest absolute Gasteiger partial charge is 0.465 e. The van der Waals surface area contributed by atoms with Gasteiger partial charge in [-0.05, 0) is 22.0 Å². The number of methoxy groups -OCH3 is 1. The van der Waals surface area contributed by atoms with Gasteiger partial charge in [-0.15, -0.1) is 0 Å². The summed E-state index contributed by atoms with van der Waals surface area (Å²) in [5.41, 5.74) is 5.63. The number of esters is 1. The molecule has 0 aromatic carbocycles. The molecule has 0 aliphatic heterocycles. The molecule has 0 unspecified atom stereocenters. The normalized spacial score (nSPS) is 9.77. The van der Waals surface area contributed by atoms with E-state index in [1.165, 1.54) is 13.2 Å². The minimum atomic E-state index is -0.542. The Morgan fingerprint density at radius 2 is 2.38 bits per heavy atom. The first-order valence-electron chi connectivity index (χ1n) is 3.26. The Kier molecular flexibility index (Phi) is 3.11. The lowest BCUT2D eigenvalue weighted by atomic mass is 10.2. The van der Waals surface area contributed by atoms with E-state index < -0.39 is 5.97 Å². The van der Waals surface area contributed by atoms with E-state index in [2.05, 4.69) is 25.7 Å². The van der Waals surface area contributed by atoms with Gasteiger partial charge in [0.2, 0.25) is 0 Å². The molecule has 4 nitrogen and oxygen atoms in total. The van der Waals surface area contributed by atoms with Gasteiger partial charge in [-0.3, -0.25) is 0 Å². The molecule has 0 amide bonds. The molecular formula is C7H6BrClN2O2. The Morgan fingerprint density at radius 1 is 1.77 bits per heavy atom. The number of nitrogen functional groups attached to an aromatic ring is 1. The number of anilines is 1. The molecule has 0 aliphatic carbocycles. The minimum Gasteiger partial charge on any atom is -0.465 e. The van der Waals surface area contributed by atoms with Crippen molar-refractivity contribution in [3.8, 4) is 0 Å². The third-order valence-electron chi connectivity index (χ3n) is 1.36. The van der Waals surface area contributed by atoms with Gasteiger partial charge in [0.25, 0.3) is 0 Å². The first-order chi connectivity index (χ1) is 6.06. The second-order valence-corrected chi connectivity index (χ2v) is 3.37. The van der Waals surface area contributed by atoms with Gasteiger partial charge in [0.1, 0.15) is 10.4 Å². The van der Waals surface area contributed by atoms with Crippen molar-refractivity contribution < 1.29 is 9.53 Å². The summed E-state index contributed by atoms with van der Waals surface area (Å²) in [6, 6.07) is 1.45. The zero-order chi connectivity index (χ0) is 10.0. The summed E-state index contributed by atoms with van der Waals surface area (Å²) in [7, 11) is 1.27. The summed E-state index contributed by atoms with van der Waals surface area (Å²) in [6.45, 7) is 0. The van der Waals surface area contributed by atoms with Crippen LogP contribution in [0.25, 0.3) is 0 Å². The summed E-state index contributed by atoms with van der Waals surface area (Å²) in [5.74, 6) is -0.448. The van der Waals surface area contributed by atoms with Crippen LogP contribution >= 0.6 is 27.5 Å². The first kappa shape index (κ1) is 10.3. The Balaban J connectivity index is 3.28. The Bertz CT molecular complexity index is 357. The lowest BCUT2D eigenvalue weighted by Gasteiger charge is -2.04. The van der Waals surface area contributed by atoms with E-state index in [0.29, 0.717) is 4.60 Å². The quantitative estimate of drug-likeness (QED) is 0.622. The Labute approximate surface area is 88.2 Å². The van der Waals surface area contributed by atoms with Crippen molar-refractivity contribution in [2.45, 2.75) is 0 Å². The van der Waals surface area contributed by atoms with E-state index >= 15 is 0 Å². The summed E-state index contributed by atoms with van der Waals surface area (Å²) < 4.78 is 4.94. The second kappa shape index (κ2) is 3.93. The highest BCUT2D eigenvalue weighted by atomic mass is 79.9. The smallest absolute Gasteiger partial charge is 0.339 e. The van der Waals surface area contributed by atoms with Gasteiger partial charge in [0.15, 0.2) is 0 Å². The first-order valence-corrected chi connectivity index (χ1v) is 4.43. The number of ether oxygens (including phenoxy) is 1. The van der Waals surface area contributed by atoms with Crippen LogP contribution in [0.2, 0.25) is 5.02 Å². The fraction of sp³-hybridized carbons (Fsp3) is 0.143. The van der Waals surface area contributed by atoms with E-state index in [1.807, 2.05) is 0 Å². The molecule has 13 heavy (non-hydrogen) atoms. The molecule has 0 radical (unpaired) electrons. The highest BCUT2D eigenvalue weighted by Crippen LogP contribution is 2.25. The van der Waals surface area contributed by atoms with Crippen LogP contribution in [0.3, 0.4) is 0 Å². The molecule has 1 heterocycles. The van der Waals surface area contributed by atoms with E-state index in [4.69, 9.17) is 17.3 Å². The van der Waals surface area contributed by atoms with Crippen molar-refractivity contribution in [1.82, 2.24) is 4.98 Å². The van der Waals surface area contributed by atoms with Crippen LogP contribution in [-0.2, 0) is 4.74 Å². The van der Waals surface area contributed by atoms with E-state index in [1.54, 1.807) is 0 Å². The number of nitrogens with two attached hydrogens (primary N) is 1. The third-order valence-corrected chi connectivity index (χ3v) is 2.16. The number of hydrogen-bond acceptors (Lipinski definition) is 4. The number of carbonyl (C=O) groups excluding carboxylic acids is 1. The molecule has 0 saturated carbocycles. The molecule has 0 spiro atoms. The summed E-state index contributed by atoms with van der Waals surface area (Å²) in [5, 5.41) is 0.107. The summed E-state index contributed by atoms with van der Waals surface area (Å²) in [6.07, 6.45) is 0. The van der Waals surface area contributed by atoms with Crippen LogP contribution in [0.15, 0.2) is 10.7 Å². The van der Waals surface area contributed by atoms with Crippen molar-refractivity contribution in [3.05, 3.63) is 21.3 Å². The van der Waals surface area contributed by atoms with Crippen molar-refractivity contribution >= 4 is 39.3 Å². The molecule has 70 valence electrons. The van der Waals surface area contributed by atoms with Crippen LogP contribution in [0.1, 0.15) is 10.4 Å². The number of pyridine rings is 1. The topological polar surface area (TPSA) is 65.2 Å². The average molecular weight is 265 g/mol. The van der Waals surface area contributed by atoms with E-state index in [0.717, 1.165) is 0 Å². The van der Waals surface area contributed by atoms with Crippen LogP contribution in [0.4, 0.5) is 5.82 Å². The zero-order valence-electron chi connectivity index (χ0n) is 6.67. The highest BCUT2D eigenvalue weighted by Gasteiger charge is 2.14. The van der Waals surface area contributed by atoms with Crippen molar-refractivity contribution in [3.63, 3.8) is 0 Å². The highest BCUT2D eigenvalue weighted by molar-refractivity contribution is 9.10. The maximum atomic E-state index is 11.1. The molecule has 0 fully saturated rings. The summed E-state index contributed by atoms with van der Waals surface area (Å²) in [4.78, 5) is 14.9. The molecule has 1 aromatic heterocycles. The van der Waals surface area contributed by atoms with Crippen molar-refractivity contribution in [2.75, 3.05) is 12.8 Å². The van der Waals surface area contributed by atoms with Gasteiger partial charge >= 0.3 is 5.97 Å². The Morgan fingerprint density at radius 3 is 2.92 bits per heavy atom. The number of halogens is 2. The molecule has 1 rings (SSSR count). The summed E-state index contributed by atoms with van der Waals surface area (Å²) >= 11 is 8.82. The van der Waals surface area contributed by atoms with Crippen molar-refractivity contribution in [1.29, 1.82) is 0 Å². The predicted molar refractivity (Wildman–Crippen MR) is 52.7 cm³/mol. The van der Waals surface area contributed by atoms with Crippen LogP contribution in [0, 0.1) is 0 Å². The lowest BCUT2D eigenvalue weighted by Crippen LogP contribution is -2.05. The standard InChI is InChI=1S/C7H6BrClN2O2/c1-13-7(12)3-2-4(8)11-6(10)5(3)9/h2H,1H3,(H2,10,11). The van der Waals surface area contributed by atoms with Gasteiger partial charge in [-0.2, -0.15) is 0 Å². The minimum absolute atomic E-state index is 0.0939. The average Bonchev–Trinajstić information content (AvgIpc) is 2.10. The molecule has 0 bridgehead atoms. The van der Waals surface area contributed by atoms with Crippen LogP contribution in [-0.4, -0.2) is 18.1 Å². The number of nitrogens with zero attached hydrogens (tertiary/aromatic N) is 1. The third kappa shape index (κ3) is 2.10. The number of aromatic nitrogens is 1. The van der Waals surface area contributed by atoms with Crippen LogP contribution in [0.5, 0.6) is 0 Å². The molecule has 0 aliphatic rings. The van der Waals surface area contributed by atoms with Gasteiger partial charge < -0.3 is 10.5 Å². The molecule has 0 atom stereocenters. The number of carbonyl (C=O) groups is 1. The predicted octanol–water partition coefficient (Wildman–Crippen LogP) is 1.87. The van der Waals surface area contributed by atoms with E-state index in [-0.39, 0.29) is 16.4 Å². The van der Waals surface area contributed by atoms with E-state index in [9.17, 15) is 4.79 Å². The monoisotopic (exact) mass is 264 g/mol. The molecule has 1 aromatic rings. The van der Waals surface area contributed by atoms with Crippen LogP contribution < -0.4 is 5.73 Å². The molecule has 0 saturated heterocycles. The van der Waals surface area contributed by atoms with Gasteiger partial charge in [0, 0.05) is 0 Å². The number of hydrogen-bond donors (Lipinski definition) is 1. The van der Waals surface area contributed by atoms with Crippen molar-refractivity contribution in [2.24, 2.45) is 0 Å². The molecule has 2 N–H and O–H groups in total. The Hall–Kier alpha value is -0.810. The van der Waals surface area contributed by atoms with Gasteiger partial charge in [-0.25, -0.2) is 9.78 Å². The molecular weight excluding hydrogens is 259 g/mol. The fourth-order valence-corrected chi connectivity index (χ4v) is 1.37. The maximum Gasteiger partial charge on any atom is 0.339 e. The zero-order valence-corrected chi connectivity index (χ0v) is 9.02.